The largest absolute Gasteiger partial charge is 0.456 e. The van der Waals surface area contributed by atoms with Crippen LogP contribution in [0.2, 0.25) is 0 Å². The lowest BCUT2D eigenvalue weighted by Crippen LogP contribution is -2.11. The first-order valence-electron chi connectivity index (χ1n) is 12.8. The van der Waals surface area contributed by atoms with Gasteiger partial charge in [-0.2, -0.15) is 0 Å². The average molecular weight is 487 g/mol. The highest BCUT2D eigenvalue weighted by atomic mass is 16.3. The molecule has 38 heavy (non-hydrogen) atoms. The zero-order chi connectivity index (χ0) is 25.1. The third kappa shape index (κ3) is 3.33. The standard InChI is InChI=1S/C35H22N2O/c1-2-8-24-17-29(14-13-23(24)7-1)37(35-20-27-11-5-6-12-28(27)22-36-35)30-15-16-31-32-18-25-9-3-4-10-26(25)19-33(32)38-34(31)21-30/h1-22H. The van der Waals surface area contributed by atoms with Crippen LogP contribution in [0.25, 0.3) is 54.3 Å². The van der Waals surface area contributed by atoms with E-state index in [4.69, 9.17) is 9.40 Å². The second-order valence-corrected chi connectivity index (χ2v) is 9.73. The molecule has 0 saturated heterocycles. The van der Waals surface area contributed by atoms with Crippen molar-refractivity contribution >= 4 is 71.4 Å². The average Bonchev–Trinajstić information content (AvgIpc) is 3.32. The van der Waals surface area contributed by atoms with Gasteiger partial charge in [0.1, 0.15) is 17.0 Å². The molecule has 0 atom stereocenters. The van der Waals surface area contributed by atoms with Crippen molar-refractivity contribution in [2.45, 2.75) is 0 Å². The van der Waals surface area contributed by atoms with Gasteiger partial charge in [0.25, 0.3) is 0 Å². The summed E-state index contributed by atoms with van der Waals surface area (Å²) in [7, 11) is 0. The van der Waals surface area contributed by atoms with Crippen LogP contribution in [0.5, 0.6) is 0 Å². The Morgan fingerprint density at radius 3 is 1.82 bits per heavy atom. The minimum Gasteiger partial charge on any atom is -0.456 e. The summed E-state index contributed by atoms with van der Waals surface area (Å²) in [6.45, 7) is 0. The van der Waals surface area contributed by atoms with Crippen molar-refractivity contribution in [1.29, 1.82) is 0 Å². The summed E-state index contributed by atoms with van der Waals surface area (Å²) in [5.74, 6) is 0.861. The van der Waals surface area contributed by atoms with Gasteiger partial charge in [-0.15, -0.1) is 0 Å². The number of pyridine rings is 1. The molecule has 3 heteroatoms. The maximum Gasteiger partial charge on any atom is 0.138 e. The third-order valence-electron chi connectivity index (χ3n) is 7.42. The summed E-state index contributed by atoms with van der Waals surface area (Å²) < 4.78 is 6.42. The van der Waals surface area contributed by atoms with Crippen LogP contribution in [0.4, 0.5) is 17.2 Å². The highest BCUT2D eigenvalue weighted by Crippen LogP contribution is 2.40. The number of hydrogen-bond donors (Lipinski definition) is 0. The Kier molecular flexibility index (Phi) is 4.52. The smallest absolute Gasteiger partial charge is 0.138 e. The monoisotopic (exact) mass is 486 g/mol. The lowest BCUT2D eigenvalue weighted by molar-refractivity contribution is 0.669. The molecule has 8 aromatic rings. The van der Waals surface area contributed by atoms with Gasteiger partial charge in [0.2, 0.25) is 0 Å². The minimum atomic E-state index is 0.861. The van der Waals surface area contributed by atoms with Crippen molar-refractivity contribution in [1.82, 2.24) is 4.98 Å². The molecule has 0 aliphatic carbocycles. The number of fused-ring (bicyclic) bond motifs is 6. The molecule has 0 fully saturated rings. The molecule has 8 rings (SSSR count). The van der Waals surface area contributed by atoms with E-state index in [1.54, 1.807) is 0 Å². The van der Waals surface area contributed by atoms with Crippen molar-refractivity contribution in [3.05, 3.63) is 134 Å². The fourth-order valence-electron chi connectivity index (χ4n) is 5.51. The fourth-order valence-corrected chi connectivity index (χ4v) is 5.51. The van der Waals surface area contributed by atoms with Gasteiger partial charge in [0.15, 0.2) is 0 Å². The Hall–Kier alpha value is -5.15. The molecule has 178 valence electrons. The van der Waals surface area contributed by atoms with E-state index >= 15 is 0 Å². The van der Waals surface area contributed by atoms with E-state index < -0.39 is 0 Å². The van der Waals surface area contributed by atoms with Crippen LogP contribution in [0.15, 0.2) is 138 Å². The second kappa shape index (κ2) is 8.19. The van der Waals surface area contributed by atoms with Gasteiger partial charge in [-0.3, -0.25) is 4.90 Å². The summed E-state index contributed by atoms with van der Waals surface area (Å²) in [5.41, 5.74) is 3.81. The predicted octanol–water partition coefficient (Wildman–Crippen LogP) is 9.91. The zero-order valence-corrected chi connectivity index (χ0v) is 20.5. The van der Waals surface area contributed by atoms with Gasteiger partial charge in [-0.05, 0) is 69.4 Å². The highest BCUT2D eigenvalue weighted by Gasteiger charge is 2.17. The molecule has 2 heterocycles. The van der Waals surface area contributed by atoms with Crippen LogP contribution < -0.4 is 4.90 Å². The summed E-state index contributed by atoms with van der Waals surface area (Å²) in [6, 6.07) is 44.7. The van der Waals surface area contributed by atoms with Gasteiger partial charge >= 0.3 is 0 Å². The van der Waals surface area contributed by atoms with Crippen molar-refractivity contribution in [2.75, 3.05) is 4.90 Å². The van der Waals surface area contributed by atoms with E-state index in [1.807, 2.05) is 12.3 Å². The normalized spacial score (nSPS) is 11.7. The quantitative estimate of drug-likeness (QED) is 0.249. The maximum atomic E-state index is 6.42. The Bertz CT molecular complexity index is 2080. The first kappa shape index (κ1) is 21.0. The third-order valence-corrected chi connectivity index (χ3v) is 7.42. The van der Waals surface area contributed by atoms with Crippen LogP contribution >= 0.6 is 0 Å². The molecular formula is C35H22N2O. The molecule has 0 radical (unpaired) electrons. The number of rotatable bonds is 3. The Balaban J connectivity index is 1.35. The molecule has 0 aliphatic heterocycles. The predicted molar refractivity (Wildman–Crippen MR) is 159 cm³/mol. The number of benzene rings is 6. The van der Waals surface area contributed by atoms with Crippen molar-refractivity contribution < 1.29 is 4.42 Å². The van der Waals surface area contributed by atoms with E-state index in [0.717, 1.165) is 49.9 Å². The molecule has 0 aliphatic rings. The van der Waals surface area contributed by atoms with Gasteiger partial charge in [0, 0.05) is 34.1 Å². The molecular weight excluding hydrogens is 464 g/mol. The van der Waals surface area contributed by atoms with Gasteiger partial charge in [-0.1, -0.05) is 78.9 Å². The van der Waals surface area contributed by atoms with Gasteiger partial charge in [-0.25, -0.2) is 4.98 Å². The molecule has 2 aromatic heterocycles. The molecule has 0 spiro atoms. The number of aromatic nitrogens is 1. The lowest BCUT2D eigenvalue weighted by Gasteiger charge is -2.25. The molecule has 6 aromatic carbocycles. The SMILES string of the molecule is c1ccc2cc(N(c3ccc4c(c3)oc3cc5ccccc5cc34)c3cc4ccccc4cn3)ccc2c1. The van der Waals surface area contributed by atoms with E-state index in [9.17, 15) is 0 Å². The van der Waals surface area contributed by atoms with Crippen LogP contribution in [0, 0.1) is 0 Å². The lowest BCUT2D eigenvalue weighted by atomic mass is 10.1. The van der Waals surface area contributed by atoms with Crippen molar-refractivity contribution in [2.24, 2.45) is 0 Å². The Morgan fingerprint density at radius 1 is 0.447 bits per heavy atom. The first-order valence-corrected chi connectivity index (χ1v) is 12.8. The Labute approximate surface area is 219 Å². The van der Waals surface area contributed by atoms with Gasteiger partial charge in [0.05, 0.1) is 5.69 Å². The van der Waals surface area contributed by atoms with E-state index in [1.165, 1.54) is 21.5 Å². The number of furan rings is 1. The number of nitrogens with zero attached hydrogens (tertiary/aromatic N) is 2. The maximum absolute atomic E-state index is 6.42. The van der Waals surface area contributed by atoms with Crippen LogP contribution in [0.3, 0.4) is 0 Å². The topological polar surface area (TPSA) is 29.3 Å². The molecule has 0 amide bonds. The molecule has 3 nitrogen and oxygen atoms in total. The summed E-state index contributed by atoms with van der Waals surface area (Å²) >= 11 is 0. The Morgan fingerprint density at radius 2 is 1.03 bits per heavy atom. The van der Waals surface area contributed by atoms with Crippen LogP contribution in [-0.2, 0) is 0 Å². The van der Waals surface area contributed by atoms with Gasteiger partial charge < -0.3 is 4.42 Å². The van der Waals surface area contributed by atoms with E-state index in [0.29, 0.717) is 0 Å². The van der Waals surface area contributed by atoms with Crippen molar-refractivity contribution in [3.8, 4) is 0 Å². The zero-order valence-electron chi connectivity index (χ0n) is 20.5. The summed E-state index contributed by atoms with van der Waals surface area (Å²) in [6.07, 6.45) is 1.95. The van der Waals surface area contributed by atoms with Crippen LogP contribution in [-0.4, -0.2) is 4.98 Å². The molecule has 0 unspecified atom stereocenters. The summed E-state index contributed by atoms with van der Waals surface area (Å²) in [5, 5.41) is 9.30. The fraction of sp³-hybridized carbons (Fsp3) is 0. The highest BCUT2D eigenvalue weighted by molar-refractivity contribution is 6.11. The number of anilines is 3. The molecule has 0 saturated carbocycles. The molecule has 0 bridgehead atoms. The summed E-state index contributed by atoms with van der Waals surface area (Å²) in [4.78, 5) is 7.11. The number of hydrogen-bond acceptors (Lipinski definition) is 3. The molecule has 0 N–H and O–H groups in total. The minimum absolute atomic E-state index is 0.861. The second-order valence-electron chi connectivity index (χ2n) is 9.73. The van der Waals surface area contributed by atoms with Crippen molar-refractivity contribution in [3.63, 3.8) is 0 Å². The van der Waals surface area contributed by atoms with Crippen LogP contribution in [0.1, 0.15) is 0 Å². The van der Waals surface area contributed by atoms with E-state index in [-0.39, 0.29) is 0 Å². The first-order chi connectivity index (χ1) is 18.8. The van der Waals surface area contributed by atoms with E-state index in [2.05, 4.69) is 126 Å².